The molecule has 0 spiro atoms. The first kappa shape index (κ1) is 11.3. The number of hydrogen-bond acceptors (Lipinski definition) is 1. The third kappa shape index (κ3) is 1.71. The molecule has 0 fully saturated rings. The molecule has 0 aliphatic heterocycles. The first-order valence-corrected chi connectivity index (χ1v) is 6.64. The average Bonchev–Trinajstić information content (AvgIpc) is 2.74. The Morgan fingerprint density at radius 1 is 0.944 bits per heavy atom. The molecule has 0 N–H and O–H groups in total. The number of benzene rings is 2. The minimum atomic E-state index is 0.536. The fourth-order valence-corrected chi connectivity index (χ4v) is 2.42. The first-order chi connectivity index (χ1) is 8.69. The maximum absolute atomic E-state index is 5.99. The van der Waals surface area contributed by atoms with E-state index >= 15 is 0 Å². The standard InChI is InChI=1S/C17H18O/c1-4-12-5-7-14-15-8-6-13(11(2)3)10-17(15)18-16(14)9-12/h5-11H,4H2,1-3H3. The van der Waals surface area contributed by atoms with Crippen LogP contribution in [-0.4, -0.2) is 0 Å². The van der Waals surface area contributed by atoms with E-state index in [1.54, 1.807) is 0 Å². The number of aryl methyl sites for hydroxylation is 1. The molecule has 0 aliphatic carbocycles. The molecule has 1 aromatic heterocycles. The van der Waals surface area contributed by atoms with Crippen LogP contribution in [0.5, 0.6) is 0 Å². The van der Waals surface area contributed by atoms with Gasteiger partial charge in [0.25, 0.3) is 0 Å². The Labute approximate surface area is 107 Å². The van der Waals surface area contributed by atoms with E-state index in [0.717, 1.165) is 17.6 Å². The highest BCUT2D eigenvalue weighted by molar-refractivity contribution is 6.05. The van der Waals surface area contributed by atoms with Gasteiger partial charge in [-0.05, 0) is 35.6 Å². The summed E-state index contributed by atoms with van der Waals surface area (Å²) in [7, 11) is 0. The van der Waals surface area contributed by atoms with E-state index in [0.29, 0.717) is 5.92 Å². The van der Waals surface area contributed by atoms with Crippen LogP contribution in [0.25, 0.3) is 21.9 Å². The van der Waals surface area contributed by atoms with Gasteiger partial charge in [-0.3, -0.25) is 0 Å². The lowest BCUT2D eigenvalue weighted by atomic mass is 10.0. The van der Waals surface area contributed by atoms with Crippen molar-refractivity contribution in [2.24, 2.45) is 0 Å². The molecule has 0 radical (unpaired) electrons. The molecule has 0 saturated carbocycles. The molecule has 0 atom stereocenters. The fourth-order valence-electron chi connectivity index (χ4n) is 2.42. The first-order valence-electron chi connectivity index (χ1n) is 6.64. The van der Waals surface area contributed by atoms with Crippen molar-refractivity contribution < 1.29 is 4.42 Å². The molecular weight excluding hydrogens is 220 g/mol. The molecule has 92 valence electrons. The number of hydrogen-bond donors (Lipinski definition) is 0. The predicted octanol–water partition coefficient (Wildman–Crippen LogP) is 5.27. The Hall–Kier alpha value is -1.76. The van der Waals surface area contributed by atoms with E-state index in [2.05, 4.69) is 57.2 Å². The van der Waals surface area contributed by atoms with Crippen molar-refractivity contribution in [2.45, 2.75) is 33.1 Å². The van der Waals surface area contributed by atoms with E-state index < -0.39 is 0 Å². The van der Waals surface area contributed by atoms with Crippen molar-refractivity contribution in [3.05, 3.63) is 47.5 Å². The molecule has 0 bridgehead atoms. The lowest BCUT2D eigenvalue weighted by molar-refractivity contribution is 0.666. The highest BCUT2D eigenvalue weighted by atomic mass is 16.3. The third-order valence-electron chi connectivity index (χ3n) is 3.64. The Bertz CT molecular complexity index is 704. The minimum absolute atomic E-state index is 0.536. The summed E-state index contributed by atoms with van der Waals surface area (Å²) in [6.07, 6.45) is 1.05. The Morgan fingerprint density at radius 2 is 1.61 bits per heavy atom. The topological polar surface area (TPSA) is 13.1 Å². The number of rotatable bonds is 2. The Balaban J connectivity index is 2.28. The summed E-state index contributed by atoms with van der Waals surface area (Å²) in [5.74, 6) is 0.536. The maximum Gasteiger partial charge on any atom is 0.135 e. The lowest BCUT2D eigenvalue weighted by Gasteiger charge is -2.03. The van der Waals surface area contributed by atoms with Crippen LogP contribution in [0.4, 0.5) is 0 Å². The molecule has 1 heterocycles. The molecule has 3 rings (SSSR count). The monoisotopic (exact) mass is 238 g/mol. The smallest absolute Gasteiger partial charge is 0.135 e. The Kier molecular flexibility index (Phi) is 2.62. The van der Waals surface area contributed by atoms with Gasteiger partial charge in [0.2, 0.25) is 0 Å². The summed E-state index contributed by atoms with van der Waals surface area (Å²) in [4.78, 5) is 0. The van der Waals surface area contributed by atoms with Crippen LogP contribution in [0, 0.1) is 0 Å². The van der Waals surface area contributed by atoms with Crippen LogP contribution >= 0.6 is 0 Å². The fraction of sp³-hybridized carbons (Fsp3) is 0.294. The highest BCUT2D eigenvalue weighted by Gasteiger charge is 2.09. The Morgan fingerprint density at radius 3 is 2.28 bits per heavy atom. The summed E-state index contributed by atoms with van der Waals surface area (Å²) >= 11 is 0. The SMILES string of the molecule is CCc1ccc2c(c1)oc1cc(C(C)C)ccc12. The van der Waals surface area contributed by atoms with Crippen molar-refractivity contribution >= 4 is 21.9 Å². The van der Waals surface area contributed by atoms with Crippen LogP contribution in [0.2, 0.25) is 0 Å². The summed E-state index contributed by atoms with van der Waals surface area (Å²) < 4.78 is 5.99. The zero-order chi connectivity index (χ0) is 12.7. The molecule has 3 aromatic rings. The van der Waals surface area contributed by atoms with Crippen LogP contribution in [-0.2, 0) is 6.42 Å². The number of fused-ring (bicyclic) bond motifs is 3. The van der Waals surface area contributed by atoms with Crippen molar-refractivity contribution in [1.29, 1.82) is 0 Å². The zero-order valence-corrected chi connectivity index (χ0v) is 11.2. The van der Waals surface area contributed by atoms with Crippen LogP contribution in [0.1, 0.15) is 37.8 Å². The second-order valence-electron chi connectivity index (χ2n) is 5.20. The predicted molar refractivity (Wildman–Crippen MR) is 77.2 cm³/mol. The van der Waals surface area contributed by atoms with Gasteiger partial charge in [0.15, 0.2) is 0 Å². The van der Waals surface area contributed by atoms with Crippen LogP contribution in [0.15, 0.2) is 40.8 Å². The van der Waals surface area contributed by atoms with Gasteiger partial charge in [-0.25, -0.2) is 0 Å². The van der Waals surface area contributed by atoms with Crippen molar-refractivity contribution in [3.8, 4) is 0 Å². The zero-order valence-electron chi connectivity index (χ0n) is 11.2. The van der Waals surface area contributed by atoms with Crippen molar-refractivity contribution in [2.75, 3.05) is 0 Å². The van der Waals surface area contributed by atoms with E-state index in [1.807, 2.05) is 0 Å². The van der Waals surface area contributed by atoms with Gasteiger partial charge in [0.1, 0.15) is 11.2 Å². The summed E-state index contributed by atoms with van der Waals surface area (Å²) in [6.45, 7) is 6.58. The van der Waals surface area contributed by atoms with Gasteiger partial charge in [0.05, 0.1) is 0 Å². The summed E-state index contributed by atoms with van der Waals surface area (Å²) in [6, 6.07) is 13.1. The molecule has 1 nitrogen and oxygen atoms in total. The molecule has 18 heavy (non-hydrogen) atoms. The summed E-state index contributed by atoms with van der Waals surface area (Å²) in [5.41, 5.74) is 4.66. The second-order valence-corrected chi connectivity index (χ2v) is 5.20. The quantitative estimate of drug-likeness (QED) is 0.592. The average molecular weight is 238 g/mol. The molecule has 0 amide bonds. The largest absolute Gasteiger partial charge is 0.456 e. The van der Waals surface area contributed by atoms with Gasteiger partial charge in [-0.2, -0.15) is 0 Å². The van der Waals surface area contributed by atoms with Crippen LogP contribution in [0.3, 0.4) is 0 Å². The highest BCUT2D eigenvalue weighted by Crippen LogP contribution is 2.31. The minimum Gasteiger partial charge on any atom is -0.456 e. The lowest BCUT2D eigenvalue weighted by Crippen LogP contribution is -1.85. The van der Waals surface area contributed by atoms with E-state index in [9.17, 15) is 0 Å². The van der Waals surface area contributed by atoms with Gasteiger partial charge in [-0.1, -0.05) is 45.0 Å². The molecule has 2 aromatic carbocycles. The molecular formula is C17H18O. The normalized spacial score (nSPS) is 11.8. The van der Waals surface area contributed by atoms with Gasteiger partial charge in [0, 0.05) is 10.8 Å². The van der Waals surface area contributed by atoms with Gasteiger partial charge >= 0.3 is 0 Å². The summed E-state index contributed by atoms with van der Waals surface area (Å²) in [5, 5.41) is 2.44. The van der Waals surface area contributed by atoms with E-state index in [-0.39, 0.29) is 0 Å². The van der Waals surface area contributed by atoms with Gasteiger partial charge < -0.3 is 4.42 Å². The maximum atomic E-state index is 5.99. The molecule has 0 saturated heterocycles. The molecule has 0 aliphatic rings. The van der Waals surface area contributed by atoms with E-state index in [4.69, 9.17) is 4.42 Å². The van der Waals surface area contributed by atoms with Gasteiger partial charge in [-0.15, -0.1) is 0 Å². The number of furan rings is 1. The van der Waals surface area contributed by atoms with Crippen LogP contribution < -0.4 is 0 Å². The van der Waals surface area contributed by atoms with Crippen molar-refractivity contribution in [1.82, 2.24) is 0 Å². The van der Waals surface area contributed by atoms with Crippen molar-refractivity contribution in [3.63, 3.8) is 0 Å². The third-order valence-corrected chi connectivity index (χ3v) is 3.64. The molecule has 0 unspecified atom stereocenters. The van der Waals surface area contributed by atoms with E-state index in [1.165, 1.54) is 21.9 Å². The molecule has 1 heteroatoms. The second kappa shape index (κ2) is 4.16.